The van der Waals surface area contributed by atoms with Crippen LogP contribution < -0.4 is 10.1 Å². The summed E-state index contributed by atoms with van der Waals surface area (Å²) in [4.78, 5) is 8.88. The lowest BCUT2D eigenvalue weighted by atomic mass is 10.3. The van der Waals surface area contributed by atoms with Gasteiger partial charge in [-0.25, -0.2) is 14.4 Å². The van der Waals surface area contributed by atoms with Crippen LogP contribution in [-0.2, 0) is 0 Å². The molecule has 2 aromatic heterocycles. The van der Waals surface area contributed by atoms with Crippen LogP contribution in [0.15, 0.2) is 36.5 Å². The van der Waals surface area contributed by atoms with Crippen molar-refractivity contribution in [2.75, 3.05) is 25.6 Å². The van der Waals surface area contributed by atoms with Gasteiger partial charge in [-0.15, -0.1) is 11.3 Å². The van der Waals surface area contributed by atoms with Gasteiger partial charge in [0, 0.05) is 18.8 Å². The molecule has 0 unspecified atom stereocenters. The summed E-state index contributed by atoms with van der Waals surface area (Å²) < 4.78 is 18.4. The minimum Gasteiger partial charge on any atom is -0.491 e. The van der Waals surface area contributed by atoms with Crippen molar-refractivity contribution in [3.05, 3.63) is 36.5 Å². The van der Waals surface area contributed by atoms with Crippen LogP contribution in [0.5, 0.6) is 5.75 Å². The van der Waals surface area contributed by atoms with Crippen LogP contribution in [0, 0.1) is 0 Å². The average Bonchev–Trinajstić information content (AvgIpc) is 2.96. The Labute approximate surface area is 125 Å². The van der Waals surface area contributed by atoms with E-state index >= 15 is 0 Å². The first-order valence-electron chi connectivity index (χ1n) is 6.53. The number of nitrogens with one attached hydrogen (secondary N) is 1. The Kier molecular flexibility index (Phi) is 3.96. The number of benzene rings is 1. The summed E-state index contributed by atoms with van der Waals surface area (Å²) in [5.74, 6) is 1.49. The zero-order valence-corrected chi connectivity index (χ0v) is 12.3. The average molecular weight is 303 g/mol. The van der Waals surface area contributed by atoms with E-state index in [0.29, 0.717) is 5.75 Å². The summed E-state index contributed by atoms with van der Waals surface area (Å²) in [6, 6.07) is 9.48. The molecule has 4 nitrogen and oxygen atoms in total. The number of fused-ring (bicyclic) bond motifs is 1. The van der Waals surface area contributed by atoms with Gasteiger partial charge in [0.05, 0.1) is 10.2 Å². The number of thiazole rings is 1. The second-order valence-electron chi connectivity index (χ2n) is 4.37. The number of ether oxygens (including phenoxy) is 1. The number of hydrogen-bond donors (Lipinski definition) is 1. The minimum atomic E-state index is -0.491. The molecule has 0 spiro atoms. The lowest BCUT2D eigenvalue weighted by Gasteiger charge is -2.01. The number of rotatable bonds is 5. The minimum absolute atomic E-state index is 0.0760. The van der Waals surface area contributed by atoms with Gasteiger partial charge in [0.25, 0.3) is 0 Å². The van der Waals surface area contributed by atoms with Crippen molar-refractivity contribution in [2.45, 2.75) is 0 Å². The predicted molar refractivity (Wildman–Crippen MR) is 83.9 cm³/mol. The molecule has 0 saturated heterocycles. The number of pyridine rings is 1. The maximum Gasteiger partial charge on any atom is 0.126 e. The van der Waals surface area contributed by atoms with Crippen LogP contribution >= 0.6 is 11.3 Å². The number of aromatic nitrogens is 2. The molecule has 0 aliphatic rings. The first kappa shape index (κ1) is 13.8. The van der Waals surface area contributed by atoms with Gasteiger partial charge in [-0.3, -0.25) is 0 Å². The van der Waals surface area contributed by atoms with Crippen LogP contribution in [0.25, 0.3) is 20.8 Å². The first-order chi connectivity index (χ1) is 10.3. The highest BCUT2D eigenvalue weighted by Gasteiger charge is 2.08. The summed E-state index contributed by atoms with van der Waals surface area (Å²) in [5.41, 5.74) is 1.88. The number of anilines is 1. The molecule has 0 saturated carbocycles. The summed E-state index contributed by atoms with van der Waals surface area (Å²) in [7, 11) is 1.83. The summed E-state index contributed by atoms with van der Waals surface area (Å²) in [6.45, 7) is -0.415. The smallest absolute Gasteiger partial charge is 0.126 e. The zero-order chi connectivity index (χ0) is 14.7. The maximum absolute atomic E-state index is 12.1. The van der Waals surface area contributed by atoms with Gasteiger partial charge in [0.2, 0.25) is 0 Å². The van der Waals surface area contributed by atoms with Crippen molar-refractivity contribution in [1.29, 1.82) is 0 Å². The molecule has 6 heteroatoms. The molecule has 3 rings (SSSR count). The standard InChI is InChI=1S/C15H14FN3OS/c1-17-14-5-2-10(9-18-14)15-19-12-4-3-11(20-7-6-16)8-13(12)21-15/h2-5,8-9H,6-7H2,1H3,(H,17,18). The van der Waals surface area contributed by atoms with Crippen LogP contribution in [-0.4, -0.2) is 30.3 Å². The van der Waals surface area contributed by atoms with E-state index in [0.717, 1.165) is 26.6 Å². The molecule has 108 valence electrons. The van der Waals surface area contributed by atoms with Crippen molar-refractivity contribution in [1.82, 2.24) is 9.97 Å². The Hall–Kier alpha value is -2.21. The van der Waals surface area contributed by atoms with Gasteiger partial charge < -0.3 is 10.1 Å². The normalized spacial score (nSPS) is 10.8. The molecule has 0 atom stereocenters. The van der Waals surface area contributed by atoms with Gasteiger partial charge in [-0.2, -0.15) is 0 Å². The van der Waals surface area contributed by atoms with E-state index < -0.39 is 6.67 Å². The van der Waals surface area contributed by atoms with Crippen LogP contribution in [0.3, 0.4) is 0 Å². The van der Waals surface area contributed by atoms with Crippen molar-refractivity contribution >= 4 is 27.4 Å². The fourth-order valence-corrected chi connectivity index (χ4v) is 2.93. The van der Waals surface area contributed by atoms with E-state index in [4.69, 9.17) is 4.74 Å². The molecule has 21 heavy (non-hydrogen) atoms. The molecule has 3 aromatic rings. The molecule has 0 radical (unpaired) electrons. The fraction of sp³-hybridized carbons (Fsp3) is 0.200. The highest BCUT2D eigenvalue weighted by Crippen LogP contribution is 2.32. The highest BCUT2D eigenvalue weighted by molar-refractivity contribution is 7.21. The summed E-state index contributed by atoms with van der Waals surface area (Å²) in [6.07, 6.45) is 1.80. The van der Waals surface area contributed by atoms with Crippen LogP contribution in [0.1, 0.15) is 0 Å². The molecule has 2 heterocycles. The Balaban J connectivity index is 1.92. The van der Waals surface area contributed by atoms with E-state index in [1.54, 1.807) is 17.5 Å². The quantitative estimate of drug-likeness (QED) is 0.780. The second kappa shape index (κ2) is 6.05. The SMILES string of the molecule is CNc1ccc(-c2nc3ccc(OCCF)cc3s2)cn1. The Morgan fingerprint density at radius 1 is 1.29 bits per heavy atom. The lowest BCUT2D eigenvalue weighted by molar-refractivity contribution is 0.273. The van der Waals surface area contributed by atoms with Crippen molar-refractivity contribution in [2.24, 2.45) is 0 Å². The van der Waals surface area contributed by atoms with Crippen LogP contribution in [0.2, 0.25) is 0 Å². The Morgan fingerprint density at radius 2 is 2.19 bits per heavy atom. The molecular formula is C15H14FN3OS. The van der Waals surface area contributed by atoms with Crippen molar-refractivity contribution < 1.29 is 9.13 Å². The molecule has 0 aliphatic heterocycles. The Bertz CT molecular complexity index is 742. The molecule has 1 aromatic carbocycles. The molecule has 0 amide bonds. The van der Waals surface area contributed by atoms with Gasteiger partial charge in [-0.05, 0) is 30.3 Å². The van der Waals surface area contributed by atoms with Crippen molar-refractivity contribution in [3.8, 4) is 16.3 Å². The number of hydrogen-bond acceptors (Lipinski definition) is 5. The van der Waals surface area contributed by atoms with E-state index in [9.17, 15) is 4.39 Å². The maximum atomic E-state index is 12.1. The van der Waals surface area contributed by atoms with Gasteiger partial charge in [0.1, 0.15) is 29.9 Å². The molecule has 1 N–H and O–H groups in total. The third-order valence-corrected chi connectivity index (χ3v) is 4.04. The number of halogens is 1. The largest absolute Gasteiger partial charge is 0.491 e. The van der Waals surface area contributed by atoms with E-state index in [2.05, 4.69) is 15.3 Å². The zero-order valence-electron chi connectivity index (χ0n) is 11.5. The Morgan fingerprint density at radius 3 is 2.90 bits per heavy atom. The molecule has 0 aliphatic carbocycles. The predicted octanol–water partition coefficient (Wildman–Crippen LogP) is 3.75. The monoisotopic (exact) mass is 303 g/mol. The number of alkyl halides is 1. The topological polar surface area (TPSA) is 47.0 Å². The van der Waals surface area contributed by atoms with E-state index in [-0.39, 0.29) is 6.61 Å². The lowest BCUT2D eigenvalue weighted by Crippen LogP contribution is -1.97. The molecular weight excluding hydrogens is 289 g/mol. The van der Waals surface area contributed by atoms with Gasteiger partial charge in [0.15, 0.2) is 0 Å². The highest BCUT2D eigenvalue weighted by atomic mass is 32.1. The van der Waals surface area contributed by atoms with Crippen LogP contribution in [0.4, 0.5) is 10.2 Å². The summed E-state index contributed by atoms with van der Waals surface area (Å²) in [5, 5.41) is 3.89. The summed E-state index contributed by atoms with van der Waals surface area (Å²) >= 11 is 1.57. The van der Waals surface area contributed by atoms with E-state index in [1.807, 2.05) is 37.4 Å². The molecule has 0 bridgehead atoms. The first-order valence-corrected chi connectivity index (χ1v) is 7.35. The van der Waals surface area contributed by atoms with Gasteiger partial charge >= 0.3 is 0 Å². The van der Waals surface area contributed by atoms with Crippen molar-refractivity contribution in [3.63, 3.8) is 0 Å². The second-order valence-corrected chi connectivity index (χ2v) is 5.40. The fourth-order valence-electron chi connectivity index (χ4n) is 1.94. The number of nitrogens with zero attached hydrogens (tertiary/aromatic N) is 2. The third kappa shape index (κ3) is 2.95. The van der Waals surface area contributed by atoms with E-state index in [1.165, 1.54) is 0 Å². The van der Waals surface area contributed by atoms with Gasteiger partial charge in [-0.1, -0.05) is 0 Å². The third-order valence-electron chi connectivity index (χ3n) is 2.97. The molecule has 0 fully saturated rings.